The molecule has 0 aromatic carbocycles. The average Bonchev–Trinajstić information content (AvgIpc) is 2.71. The predicted molar refractivity (Wildman–Crippen MR) is 65.6 cm³/mol. The average molecular weight is 286 g/mol. The second-order valence-corrected chi connectivity index (χ2v) is 6.32. The van der Waals surface area contributed by atoms with Gasteiger partial charge < -0.3 is 5.11 Å². The number of nitrogens with zero attached hydrogens (tertiary/aromatic N) is 1. The van der Waals surface area contributed by atoms with E-state index in [2.05, 4.69) is 10.3 Å². The number of thioether (sulfide) groups is 1. The highest BCUT2D eigenvalue weighted by atomic mass is 32.2. The lowest BCUT2D eigenvalue weighted by Gasteiger charge is -2.00. The summed E-state index contributed by atoms with van der Waals surface area (Å²) in [4.78, 5) is 37.9. The molecule has 0 radical (unpaired) electrons. The van der Waals surface area contributed by atoms with E-state index >= 15 is 0 Å². The molecule has 18 heavy (non-hydrogen) atoms. The van der Waals surface area contributed by atoms with Crippen LogP contribution in [0.15, 0.2) is 4.34 Å². The Morgan fingerprint density at radius 2 is 2.33 bits per heavy atom. The van der Waals surface area contributed by atoms with Crippen LogP contribution < -0.4 is 5.32 Å². The molecule has 1 saturated heterocycles. The number of rotatable bonds is 4. The van der Waals surface area contributed by atoms with Crippen molar-refractivity contribution in [3.63, 3.8) is 0 Å². The van der Waals surface area contributed by atoms with Gasteiger partial charge in [-0.1, -0.05) is 11.8 Å². The molecule has 0 bridgehead atoms. The summed E-state index contributed by atoms with van der Waals surface area (Å²) in [5, 5.41) is 10.5. The fourth-order valence-corrected chi connectivity index (χ4v) is 3.96. The van der Waals surface area contributed by atoms with Crippen molar-refractivity contribution in [3.8, 4) is 0 Å². The summed E-state index contributed by atoms with van der Waals surface area (Å²) in [6.45, 7) is 1.73. The zero-order valence-electron chi connectivity index (χ0n) is 9.43. The molecular formula is C10H10N2O4S2. The van der Waals surface area contributed by atoms with Crippen molar-refractivity contribution in [3.05, 3.63) is 10.6 Å². The minimum Gasteiger partial charge on any atom is -0.481 e. The number of nitrogens with one attached hydrogen (secondary N) is 1. The highest BCUT2D eigenvalue weighted by Crippen LogP contribution is 2.33. The number of hydrogen-bond acceptors (Lipinski definition) is 6. The second-order valence-electron chi connectivity index (χ2n) is 3.78. The van der Waals surface area contributed by atoms with E-state index in [1.165, 1.54) is 23.1 Å². The molecule has 8 heteroatoms. The number of imide groups is 1. The summed E-state index contributed by atoms with van der Waals surface area (Å²) in [5.74, 6) is -1.50. The van der Waals surface area contributed by atoms with Crippen molar-refractivity contribution >= 4 is 40.9 Å². The topological polar surface area (TPSA) is 96.4 Å². The Balaban J connectivity index is 2.08. The van der Waals surface area contributed by atoms with E-state index < -0.39 is 11.2 Å². The first-order valence-electron chi connectivity index (χ1n) is 5.14. The van der Waals surface area contributed by atoms with Gasteiger partial charge in [0, 0.05) is 11.3 Å². The number of carbonyl (C=O) groups is 3. The van der Waals surface area contributed by atoms with E-state index in [1.54, 1.807) is 6.92 Å². The Hall–Kier alpha value is -1.41. The quantitative estimate of drug-likeness (QED) is 0.786. The number of carbonyl (C=O) groups excluding carboxylic acids is 2. The van der Waals surface area contributed by atoms with Gasteiger partial charge in [0.1, 0.15) is 0 Å². The summed E-state index contributed by atoms with van der Waals surface area (Å²) in [6, 6.07) is 0. The van der Waals surface area contributed by atoms with Crippen LogP contribution in [0.5, 0.6) is 0 Å². The lowest BCUT2D eigenvalue weighted by atomic mass is 10.3. The molecule has 2 amide bonds. The van der Waals surface area contributed by atoms with Crippen LogP contribution in [0.2, 0.25) is 0 Å². The maximum Gasteiger partial charge on any atom is 0.308 e. The smallest absolute Gasteiger partial charge is 0.308 e. The largest absolute Gasteiger partial charge is 0.481 e. The Kier molecular flexibility index (Phi) is 3.67. The summed E-state index contributed by atoms with van der Waals surface area (Å²) < 4.78 is 0.624. The predicted octanol–water partition coefficient (Wildman–Crippen LogP) is 0.586. The van der Waals surface area contributed by atoms with Crippen molar-refractivity contribution in [2.45, 2.75) is 29.4 Å². The number of hydrogen-bond donors (Lipinski definition) is 2. The number of aliphatic carboxylic acids is 1. The summed E-state index contributed by atoms with van der Waals surface area (Å²) in [5.41, 5.74) is 0.662. The molecule has 0 spiro atoms. The highest BCUT2D eigenvalue weighted by molar-refractivity contribution is 8.02. The highest BCUT2D eigenvalue weighted by Gasteiger charge is 2.32. The fourth-order valence-electron chi connectivity index (χ4n) is 1.50. The summed E-state index contributed by atoms with van der Waals surface area (Å²) in [6.07, 6.45) is 0.0796. The molecule has 96 valence electrons. The SMILES string of the molecule is Cc1nc(SC2CC(=O)NC2=O)sc1CC(=O)O. The van der Waals surface area contributed by atoms with Gasteiger partial charge in [0.25, 0.3) is 0 Å². The molecule has 1 aliphatic rings. The number of aryl methyl sites for hydroxylation is 1. The maximum absolute atomic E-state index is 11.4. The van der Waals surface area contributed by atoms with Gasteiger partial charge in [-0.05, 0) is 6.92 Å². The second kappa shape index (κ2) is 5.07. The van der Waals surface area contributed by atoms with Gasteiger partial charge in [0.05, 0.1) is 17.4 Å². The van der Waals surface area contributed by atoms with E-state index in [9.17, 15) is 14.4 Å². The van der Waals surface area contributed by atoms with Gasteiger partial charge in [-0.2, -0.15) is 0 Å². The third-order valence-corrected chi connectivity index (χ3v) is 4.80. The van der Waals surface area contributed by atoms with Gasteiger partial charge >= 0.3 is 5.97 Å². The first-order chi connectivity index (χ1) is 8.45. The van der Waals surface area contributed by atoms with Crippen LogP contribution in [0.3, 0.4) is 0 Å². The summed E-state index contributed by atoms with van der Waals surface area (Å²) >= 11 is 2.46. The molecule has 1 aromatic rings. The van der Waals surface area contributed by atoms with Gasteiger partial charge in [-0.25, -0.2) is 4.98 Å². The number of carboxylic acids is 1. The molecule has 0 aliphatic carbocycles. The number of carboxylic acid groups (broad SMARTS) is 1. The molecule has 1 fully saturated rings. The van der Waals surface area contributed by atoms with E-state index in [0.717, 1.165) is 0 Å². The monoisotopic (exact) mass is 286 g/mol. The third kappa shape index (κ3) is 2.88. The molecular weight excluding hydrogens is 276 g/mol. The first-order valence-corrected chi connectivity index (χ1v) is 6.84. The van der Waals surface area contributed by atoms with E-state index in [0.29, 0.717) is 14.9 Å². The molecule has 6 nitrogen and oxygen atoms in total. The van der Waals surface area contributed by atoms with E-state index in [1.807, 2.05) is 0 Å². The van der Waals surface area contributed by atoms with Crippen molar-refractivity contribution < 1.29 is 19.5 Å². The van der Waals surface area contributed by atoms with Crippen molar-refractivity contribution in [2.24, 2.45) is 0 Å². The van der Waals surface area contributed by atoms with Gasteiger partial charge in [0.15, 0.2) is 4.34 Å². The van der Waals surface area contributed by atoms with Crippen molar-refractivity contribution in [1.29, 1.82) is 0 Å². The van der Waals surface area contributed by atoms with E-state index in [4.69, 9.17) is 5.11 Å². The number of aromatic nitrogens is 1. The third-order valence-electron chi connectivity index (χ3n) is 2.35. The van der Waals surface area contributed by atoms with E-state index in [-0.39, 0.29) is 24.7 Å². The Morgan fingerprint density at radius 3 is 2.89 bits per heavy atom. The van der Waals surface area contributed by atoms with Crippen LogP contribution in [0.1, 0.15) is 17.0 Å². The van der Waals surface area contributed by atoms with Gasteiger partial charge in [0.2, 0.25) is 11.8 Å². The van der Waals surface area contributed by atoms with Crippen LogP contribution in [0, 0.1) is 6.92 Å². The minimum atomic E-state index is -0.910. The molecule has 2 N–H and O–H groups in total. The van der Waals surface area contributed by atoms with Crippen LogP contribution in [0.4, 0.5) is 0 Å². The Bertz CT molecular complexity index is 526. The molecule has 2 heterocycles. The molecule has 2 rings (SSSR count). The lowest BCUT2D eigenvalue weighted by molar-refractivity contribution is -0.136. The maximum atomic E-state index is 11.4. The van der Waals surface area contributed by atoms with Crippen LogP contribution in [-0.2, 0) is 20.8 Å². The Labute approximate surface area is 111 Å². The molecule has 1 unspecified atom stereocenters. The molecule has 1 atom stereocenters. The van der Waals surface area contributed by atoms with Crippen molar-refractivity contribution in [1.82, 2.24) is 10.3 Å². The number of thiazole rings is 1. The first kappa shape index (κ1) is 13.0. The normalized spacial score (nSPS) is 19.1. The van der Waals surface area contributed by atoms with Crippen molar-refractivity contribution in [2.75, 3.05) is 0 Å². The lowest BCUT2D eigenvalue weighted by Crippen LogP contribution is -2.22. The van der Waals surface area contributed by atoms with Crippen LogP contribution >= 0.6 is 23.1 Å². The molecule has 1 aliphatic heterocycles. The fraction of sp³-hybridized carbons (Fsp3) is 0.400. The zero-order valence-corrected chi connectivity index (χ0v) is 11.1. The molecule has 1 aromatic heterocycles. The Morgan fingerprint density at radius 1 is 1.61 bits per heavy atom. The summed E-state index contributed by atoms with van der Waals surface area (Å²) in [7, 11) is 0. The molecule has 0 saturated carbocycles. The van der Waals surface area contributed by atoms with Crippen LogP contribution in [-0.4, -0.2) is 33.1 Å². The van der Waals surface area contributed by atoms with Crippen LogP contribution in [0.25, 0.3) is 0 Å². The number of amides is 2. The van der Waals surface area contributed by atoms with Gasteiger partial charge in [-0.3, -0.25) is 19.7 Å². The zero-order chi connectivity index (χ0) is 13.3. The van der Waals surface area contributed by atoms with Gasteiger partial charge in [-0.15, -0.1) is 11.3 Å². The minimum absolute atomic E-state index is 0.0696. The standard InChI is InChI=1S/C10H10N2O4S2/c1-4-5(3-8(14)15)17-10(11-4)18-6-2-7(13)12-9(6)16/h6H,2-3H2,1H3,(H,14,15)(H,12,13,16).